The van der Waals surface area contributed by atoms with Gasteiger partial charge in [0.1, 0.15) is 0 Å². The molecule has 21 heavy (non-hydrogen) atoms. The van der Waals surface area contributed by atoms with Gasteiger partial charge in [-0.15, -0.1) is 0 Å². The first-order valence-electron chi connectivity index (χ1n) is 6.27. The first kappa shape index (κ1) is 14.5. The first-order chi connectivity index (χ1) is 9.86. The van der Waals surface area contributed by atoms with E-state index in [2.05, 4.69) is 10.6 Å². The predicted octanol–water partition coefficient (Wildman–Crippen LogP) is 3.06. The van der Waals surface area contributed by atoms with Crippen LogP contribution in [0.3, 0.4) is 0 Å². The number of aromatic hydroxyl groups is 3. The number of carbonyl (C=O) groups excluding carboxylic acids is 1. The average Bonchev–Trinajstić information content (AvgIpc) is 2.39. The summed E-state index contributed by atoms with van der Waals surface area (Å²) in [5, 5.41) is 33.1. The molecule has 0 atom stereocenters. The average molecular weight is 288 g/mol. The molecule has 0 fully saturated rings. The zero-order chi connectivity index (χ0) is 15.6. The molecule has 0 radical (unpaired) electrons. The summed E-state index contributed by atoms with van der Waals surface area (Å²) in [6.07, 6.45) is 0. The van der Waals surface area contributed by atoms with Crippen LogP contribution in [0.25, 0.3) is 0 Å². The Labute approximate surface area is 121 Å². The lowest BCUT2D eigenvalue weighted by atomic mass is 10.1. The van der Waals surface area contributed by atoms with Gasteiger partial charge in [0, 0.05) is 17.8 Å². The van der Waals surface area contributed by atoms with Crippen LogP contribution in [-0.4, -0.2) is 21.4 Å². The van der Waals surface area contributed by atoms with Crippen molar-refractivity contribution in [3.05, 3.63) is 41.5 Å². The van der Waals surface area contributed by atoms with E-state index in [1.165, 1.54) is 0 Å². The minimum Gasteiger partial charge on any atom is -0.504 e. The van der Waals surface area contributed by atoms with Crippen molar-refractivity contribution in [2.45, 2.75) is 13.8 Å². The Kier molecular flexibility index (Phi) is 3.89. The number of phenolic OH excluding ortho intramolecular Hbond substituents is 3. The number of carbonyl (C=O) groups is 1. The van der Waals surface area contributed by atoms with E-state index < -0.39 is 23.3 Å². The van der Waals surface area contributed by atoms with Gasteiger partial charge >= 0.3 is 6.03 Å². The maximum atomic E-state index is 11.9. The Morgan fingerprint density at radius 1 is 0.952 bits per heavy atom. The van der Waals surface area contributed by atoms with Gasteiger partial charge in [0.15, 0.2) is 17.2 Å². The highest BCUT2D eigenvalue weighted by molar-refractivity contribution is 6.00. The molecule has 0 saturated carbocycles. The van der Waals surface area contributed by atoms with E-state index in [1.807, 2.05) is 26.0 Å². The molecule has 0 aromatic heterocycles. The molecule has 2 aromatic rings. The second-order valence-corrected chi connectivity index (χ2v) is 4.76. The molecule has 0 aliphatic carbocycles. The molecule has 0 unspecified atom stereocenters. The number of aryl methyl sites for hydroxylation is 2. The molecule has 5 N–H and O–H groups in total. The summed E-state index contributed by atoms with van der Waals surface area (Å²) < 4.78 is 0. The summed E-state index contributed by atoms with van der Waals surface area (Å²) in [5.41, 5.74) is 2.82. The van der Waals surface area contributed by atoms with E-state index in [9.17, 15) is 20.1 Å². The molecule has 2 rings (SSSR count). The van der Waals surface area contributed by atoms with Crippen LogP contribution in [0.5, 0.6) is 17.2 Å². The first-order valence-corrected chi connectivity index (χ1v) is 6.27. The van der Waals surface area contributed by atoms with Gasteiger partial charge in [0.25, 0.3) is 0 Å². The zero-order valence-electron chi connectivity index (χ0n) is 11.6. The van der Waals surface area contributed by atoms with Crippen LogP contribution in [0, 0.1) is 13.8 Å². The Balaban J connectivity index is 2.12. The lowest BCUT2D eigenvalue weighted by molar-refractivity contribution is 0.262. The molecule has 0 aliphatic heterocycles. The Morgan fingerprint density at radius 3 is 2.14 bits per heavy atom. The van der Waals surface area contributed by atoms with Crippen molar-refractivity contribution < 1.29 is 20.1 Å². The molecular weight excluding hydrogens is 272 g/mol. The number of hydrogen-bond acceptors (Lipinski definition) is 4. The molecule has 110 valence electrons. The van der Waals surface area contributed by atoms with E-state index in [0.29, 0.717) is 5.69 Å². The van der Waals surface area contributed by atoms with Crippen molar-refractivity contribution in [2.75, 3.05) is 10.6 Å². The third kappa shape index (κ3) is 3.36. The summed E-state index contributed by atoms with van der Waals surface area (Å²) in [7, 11) is 0. The van der Waals surface area contributed by atoms with Gasteiger partial charge in [0.2, 0.25) is 0 Å². The van der Waals surface area contributed by atoms with E-state index in [0.717, 1.165) is 23.3 Å². The smallest absolute Gasteiger partial charge is 0.323 e. The molecule has 0 aliphatic rings. The van der Waals surface area contributed by atoms with Crippen molar-refractivity contribution in [1.29, 1.82) is 0 Å². The van der Waals surface area contributed by atoms with Crippen LogP contribution in [0.1, 0.15) is 11.1 Å². The van der Waals surface area contributed by atoms with Gasteiger partial charge in [-0.2, -0.15) is 0 Å². The number of rotatable bonds is 2. The van der Waals surface area contributed by atoms with Crippen molar-refractivity contribution in [2.24, 2.45) is 0 Å². The SMILES string of the molecule is Cc1ccc(NC(=O)Nc2cc(O)c(O)c(O)c2)c(C)c1. The Bertz CT molecular complexity index is 675. The van der Waals surface area contributed by atoms with Crippen LogP contribution >= 0.6 is 0 Å². The topological polar surface area (TPSA) is 102 Å². The summed E-state index contributed by atoms with van der Waals surface area (Å²) in [6, 6.07) is 7.35. The number of amides is 2. The van der Waals surface area contributed by atoms with Gasteiger partial charge in [-0.1, -0.05) is 17.7 Å². The normalized spacial score (nSPS) is 10.2. The van der Waals surface area contributed by atoms with Gasteiger partial charge in [0.05, 0.1) is 5.69 Å². The van der Waals surface area contributed by atoms with Gasteiger partial charge in [-0.25, -0.2) is 4.79 Å². The van der Waals surface area contributed by atoms with Gasteiger partial charge in [-0.3, -0.25) is 0 Å². The van der Waals surface area contributed by atoms with E-state index in [4.69, 9.17) is 0 Å². The van der Waals surface area contributed by atoms with E-state index in [-0.39, 0.29) is 5.69 Å². The largest absolute Gasteiger partial charge is 0.504 e. The van der Waals surface area contributed by atoms with Crippen molar-refractivity contribution >= 4 is 17.4 Å². The highest BCUT2D eigenvalue weighted by atomic mass is 16.3. The monoisotopic (exact) mass is 288 g/mol. The highest BCUT2D eigenvalue weighted by Gasteiger charge is 2.10. The number of benzene rings is 2. The van der Waals surface area contributed by atoms with Crippen LogP contribution in [-0.2, 0) is 0 Å². The zero-order valence-corrected chi connectivity index (χ0v) is 11.6. The summed E-state index contributed by atoms with van der Waals surface area (Å²) >= 11 is 0. The van der Waals surface area contributed by atoms with Crippen LogP contribution in [0.2, 0.25) is 0 Å². The molecular formula is C15H16N2O4. The maximum absolute atomic E-state index is 11.9. The molecule has 2 amide bonds. The molecule has 6 heteroatoms. The molecule has 0 spiro atoms. The second-order valence-electron chi connectivity index (χ2n) is 4.76. The molecule has 0 heterocycles. The number of urea groups is 1. The molecule has 6 nitrogen and oxygen atoms in total. The third-order valence-corrected chi connectivity index (χ3v) is 2.96. The Morgan fingerprint density at radius 2 is 1.57 bits per heavy atom. The van der Waals surface area contributed by atoms with Crippen LogP contribution in [0.4, 0.5) is 16.2 Å². The Hall–Kier alpha value is -2.89. The van der Waals surface area contributed by atoms with Crippen molar-refractivity contribution in [3.8, 4) is 17.2 Å². The number of hydrogen-bond donors (Lipinski definition) is 5. The fraction of sp³-hybridized carbons (Fsp3) is 0.133. The van der Waals surface area contributed by atoms with Crippen molar-refractivity contribution in [3.63, 3.8) is 0 Å². The summed E-state index contributed by atoms with van der Waals surface area (Å²) in [4.78, 5) is 11.9. The van der Waals surface area contributed by atoms with Crippen molar-refractivity contribution in [1.82, 2.24) is 0 Å². The van der Waals surface area contributed by atoms with Crippen LogP contribution in [0.15, 0.2) is 30.3 Å². The van der Waals surface area contributed by atoms with E-state index in [1.54, 1.807) is 6.07 Å². The fourth-order valence-electron chi connectivity index (χ4n) is 1.91. The van der Waals surface area contributed by atoms with Crippen LogP contribution < -0.4 is 10.6 Å². The number of anilines is 2. The summed E-state index contributed by atoms with van der Waals surface area (Å²) in [5.74, 6) is -1.66. The highest BCUT2D eigenvalue weighted by Crippen LogP contribution is 2.37. The fourth-order valence-corrected chi connectivity index (χ4v) is 1.91. The summed E-state index contributed by atoms with van der Waals surface area (Å²) in [6.45, 7) is 3.83. The molecule has 2 aromatic carbocycles. The minimum absolute atomic E-state index is 0.157. The number of phenols is 3. The molecule has 0 bridgehead atoms. The second kappa shape index (κ2) is 5.62. The maximum Gasteiger partial charge on any atom is 0.323 e. The number of nitrogens with one attached hydrogen (secondary N) is 2. The standard InChI is InChI=1S/C15H16N2O4/c1-8-3-4-11(9(2)5-8)17-15(21)16-10-6-12(18)14(20)13(19)7-10/h3-7,18-20H,1-2H3,(H2,16,17,21). The third-order valence-electron chi connectivity index (χ3n) is 2.96. The lowest BCUT2D eigenvalue weighted by Gasteiger charge is -2.11. The van der Waals surface area contributed by atoms with Gasteiger partial charge < -0.3 is 26.0 Å². The minimum atomic E-state index is -0.629. The molecule has 0 saturated heterocycles. The van der Waals surface area contributed by atoms with E-state index >= 15 is 0 Å². The lowest BCUT2D eigenvalue weighted by Crippen LogP contribution is -2.19. The van der Waals surface area contributed by atoms with Gasteiger partial charge in [-0.05, 0) is 25.5 Å². The quantitative estimate of drug-likeness (QED) is 0.433. The predicted molar refractivity (Wildman–Crippen MR) is 80.0 cm³/mol.